The molecule has 8 heteroatoms. The largest absolute Gasteiger partial charge is 0.463 e. The summed E-state index contributed by atoms with van der Waals surface area (Å²) in [5, 5.41) is 7.99. The molecule has 2 aromatic heterocycles. The van der Waals surface area contributed by atoms with Crippen molar-refractivity contribution in [2.24, 2.45) is 0 Å². The first-order valence-corrected chi connectivity index (χ1v) is 9.70. The fourth-order valence-corrected chi connectivity index (χ4v) is 3.26. The molecular formula is C21H14IN3O4. The van der Waals surface area contributed by atoms with Crippen LogP contribution in [-0.4, -0.2) is 33.4 Å². The normalized spacial score (nSPS) is 10.7. The Morgan fingerprint density at radius 2 is 1.86 bits per heavy atom. The molecule has 0 N–H and O–H groups in total. The van der Waals surface area contributed by atoms with Gasteiger partial charge >= 0.3 is 5.97 Å². The summed E-state index contributed by atoms with van der Waals surface area (Å²) in [6, 6.07) is 17.4. The topological polar surface area (TPSA) is 87.2 Å². The Morgan fingerprint density at radius 3 is 2.59 bits per heavy atom. The quantitative estimate of drug-likeness (QED) is 0.225. The minimum Gasteiger partial charge on any atom is -0.463 e. The van der Waals surface area contributed by atoms with Crippen LogP contribution in [0.15, 0.2) is 77.5 Å². The van der Waals surface area contributed by atoms with E-state index in [0.717, 1.165) is 9.26 Å². The fourth-order valence-electron chi connectivity index (χ4n) is 2.72. The lowest BCUT2D eigenvalue weighted by molar-refractivity contribution is 0.0474. The van der Waals surface area contributed by atoms with Crippen LogP contribution in [0.3, 0.4) is 0 Å². The summed E-state index contributed by atoms with van der Waals surface area (Å²) in [6.45, 7) is -0.329. The van der Waals surface area contributed by atoms with Crippen molar-refractivity contribution in [2.45, 2.75) is 0 Å². The van der Waals surface area contributed by atoms with Crippen LogP contribution in [-0.2, 0) is 4.74 Å². The summed E-state index contributed by atoms with van der Waals surface area (Å²) in [6.07, 6.45) is 3.17. The second-order valence-corrected chi connectivity index (χ2v) is 7.31. The van der Waals surface area contributed by atoms with E-state index in [-0.39, 0.29) is 12.4 Å². The molecule has 0 aliphatic heterocycles. The van der Waals surface area contributed by atoms with E-state index in [4.69, 9.17) is 9.15 Å². The third-order valence-corrected chi connectivity index (χ3v) is 4.82. The summed E-state index contributed by atoms with van der Waals surface area (Å²) in [4.78, 5) is 24.5. The number of hydrogen-bond donors (Lipinski definition) is 0. The van der Waals surface area contributed by atoms with Gasteiger partial charge in [0.2, 0.25) is 0 Å². The number of halogens is 1. The van der Waals surface area contributed by atoms with E-state index in [1.807, 2.05) is 12.1 Å². The van der Waals surface area contributed by atoms with E-state index < -0.39 is 5.97 Å². The molecule has 0 aliphatic carbocycles. The predicted octanol–water partition coefficient (Wildman–Crippen LogP) is 4.17. The molecule has 2 aromatic carbocycles. The number of furan rings is 1. The van der Waals surface area contributed by atoms with Gasteiger partial charge in [0.15, 0.2) is 18.2 Å². The number of ketones is 1. The lowest BCUT2D eigenvalue weighted by Gasteiger charge is -2.07. The molecule has 4 aromatic rings. The Morgan fingerprint density at radius 1 is 1.03 bits per heavy atom. The van der Waals surface area contributed by atoms with Crippen LogP contribution in [0.4, 0.5) is 0 Å². The highest BCUT2D eigenvalue weighted by atomic mass is 127. The van der Waals surface area contributed by atoms with Crippen LogP contribution in [0.25, 0.3) is 17.1 Å². The Bertz CT molecular complexity index is 1150. The third-order valence-electron chi connectivity index (χ3n) is 4.15. The first-order chi connectivity index (χ1) is 14.1. The SMILES string of the molecule is O=C(COC(=O)c1cccc(I)c1)c1ccc(-n2nncc2-c2ccco2)cc1. The number of benzene rings is 2. The van der Waals surface area contributed by atoms with Gasteiger partial charge < -0.3 is 9.15 Å². The van der Waals surface area contributed by atoms with Crippen molar-refractivity contribution in [1.29, 1.82) is 0 Å². The Hall–Kier alpha value is -3.27. The van der Waals surface area contributed by atoms with Crippen LogP contribution in [0, 0.1) is 3.57 Å². The Kier molecular flexibility index (Phi) is 5.52. The summed E-state index contributed by atoms with van der Waals surface area (Å²) < 4.78 is 13.1. The maximum Gasteiger partial charge on any atom is 0.338 e. The van der Waals surface area contributed by atoms with Gasteiger partial charge in [-0.05, 0) is 77.2 Å². The highest BCUT2D eigenvalue weighted by Crippen LogP contribution is 2.22. The molecule has 0 aliphatic rings. The van der Waals surface area contributed by atoms with E-state index >= 15 is 0 Å². The number of carbonyl (C=O) groups is 2. The average molecular weight is 499 g/mol. The maximum atomic E-state index is 12.4. The van der Waals surface area contributed by atoms with Crippen LogP contribution in [0.2, 0.25) is 0 Å². The number of rotatable bonds is 6. The number of carbonyl (C=O) groups excluding carboxylic acids is 2. The van der Waals surface area contributed by atoms with Crippen LogP contribution in [0.5, 0.6) is 0 Å². The number of nitrogens with zero attached hydrogens (tertiary/aromatic N) is 3. The summed E-state index contributed by atoms with van der Waals surface area (Å²) in [7, 11) is 0. The fraction of sp³-hybridized carbons (Fsp3) is 0.0476. The molecule has 2 heterocycles. The molecule has 0 amide bonds. The molecule has 0 radical (unpaired) electrons. The van der Waals surface area contributed by atoms with E-state index in [2.05, 4.69) is 32.9 Å². The molecule has 0 atom stereocenters. The zero-order valence-corrected chi connectivity index (χ0v) is 17.1. The predicted molar refractivity (Wildman–Crippen MR) is 113 cm³/mol. The van der Waals surface area contributed by atoms with E-state index in [9.17, 15) is 9.59 Å². The minimum atomic E-state index is -0.529. The molecule has 144 valence electrons. The van der Waals surface area contributed by atoms with Crippen molar-refractivity contribution in [3.8, 4) is 17.1 Å². The van der Waals surface area contributed by atoms with Crippen LogP contribution >= 0.6 is 22.6 Å². The molecule has 0 fully saturated rings. The van der Waals surface area contributed by atoms with Crippen molar-refractivity contribution in [1.82, 2.24) is 15.0 Å². The number of ether oxygens (including phenoxy) is 1. The van der Waals surface area contributed by atoms with Gasteiger partial charge in [0, 0.05) is 9.13 Å². The Balaban J connectivity index is 1.44. The van der Waals surface area contributed by atoms with Crippen molar-refractivity contribution in [3.05, 3.63) is 87.8 Å². The number of Topliss-reactive ketones (excluding diaryl/α,β-unsaturated/α-hetero) is 1. The molecular weight excluding hydrogens is 485 g/mol. The Labute approximate surface area is 179 Å². The highest BCUT2D eigenvalue weighted by Gasteiger charge is 2.14. The van der Waals surface area contributed by atoms with Gasteiger partial charge in [-0.1, -0.05) is 11.3 Å². The smallest absolute Gasteiger partial charge is 0.338 e. The maximum absolute atomic E-state index is 12.4. The van der Waals surface area contributed by atoms with E-state index in [0.29, 0.717) is 22.6 Å². The van der Waals surface area contributed by atoms with Crippen molar-refractivity contribution < 1.29 is 18.7 Å². The third kappa shape index (κ3) is 4.27. The molecule has 0 unspecified atom stereocenters. The molecule has 0 bridgehead atoms. The zero-order valence-electron chi connectivity index (χ0n) is 15.0. The van der Waals surface area contributed by atoms with Crippen LogP contribution in [0.1, 0.15) is 20.7 Å². The van der Waals surface area contributed by atoms with Crippen molar-refractivity contribution in [3.63, 3.8) is 0 Å². The molecule has 7 nitrogen and oxygen atoms in total. The van der Waals surface area contributed by atoms with Gasteiger partial charge in [0.05, 0.1) is 23.7 Å². The molecule has 0 saturated heterocycles. The summed E-state index contributed by atoms with van der Waals surface area (Å²) in [5.41, 5.74) is 2.27. The van der Waals surface area contributed by atoms with Crippen molar-refractivity contribution in [2.75, 3.05) is 6.61 Å². The van der Waals surface area contributed by atoms with Gasteiger partial charge in [-0.25, -0.2) is 9.48 Å². The van der Waals surface area contributed by atoms with Gasteiger partial charge in [-0.3, -0.25) is 4.79 Å². The highest BCUT2D eigenvalue weighted by molar-refractivity contribution is 14.1. The monoisotopic (exact) mass is 499 g/mol. The molecule has 0 spiro atoms. The summed E-state index contributed by atoms with van der Waals surface area (Å²) in [5.74, 6) is -0.183. The zero-order chi connectivity index (χ0) is 20.2. The number of aromatic nitrogens is 3. The minimum absolute atomic E-state index is 0.291. The standard InChI is InChI=1S/C21H14IN3O4/c22-16-4-1-3-15(11-16)21(27)29-13-19(26)14-6-8-17(9-7-14)25-18(12-23-24-25)20-5-2-10-28-20/h1-12H,13H2. The second-order valence-electron chi connectivity index (χ2n) is 6.06. The first-order valence-electron chi connectivity index (χ1n) is 8.63. The van der Waals surface area contributed by atoms with Crippen LogP contribution < -0.4 is 0 Å². The van der Waals surface area contributed by atoms with Gasteiger partial charge in [0.25, 0.3) is 0 Å². The van der Waals surface area contributed by atoms with Gasteiger partial charge in [-0.15, -0.1) is 5.10 Å². The molecule has 29 heavy (non-hydrogen) atoms. The number of esters is 1. The lowest BCUT2D eigenvalue weighted by Crippen LogP contribution is -2.14. The van der Waals surface area contributed by atoms with E-state index in [1.54, 1.807) is 65.7 Å². The van der Waals surface area contributed by atoms with Crippen molar-refractivity contribution >= 4 is 34.3 Å². The van der Waals surface area contributed by atoms with E-state index in [1.165, 1.54) is 0 Å². The second kappa shape index (κ2) is 8.39. The lowest BCUT2D eigenvalue weighted by atomic mass is 10.1. The number of hydrogen-bond acceptors (Lipinski definition) is 6. The van der Waals surface area contributed by atoms with Gasteiger partial charge in [0.1, 0.15) is 5.69 Å². The first kappa shape index (κ1) is 19.1. The van der Waals surface area contributed by atoms with Gasteiger partial charge in [-0.2, -0.15) is 0 Å². The molecule has 0 saturated carbocycles. The average Bonchev–Trinajstić information content (AvgIpc) is 3.43. The molecule has 4 rings (SSSR count). The summed E-state index contributed by atoms with van der Waals surface area (Å²) >= 11 is 2.11.